The summed E-state index contributed by atoms with van der Waals surface area (Å²) in [5.41, 5.74) is 2.01. The molecule has 0 aliphatic carbocycles. The van der Waals surface area contributed by atoms with Crippen LogP contribution in [0.25, 0.3) is 10.6 Å². The molecule has 2 heterocycles. The van der Waals surface area contributed by atoms with Gasteiger partial charge in [0.25, 0.3) is 5.91 Å². The first kappa shape index (κ1) is 19.0. The van der Waals surface area contributed by atoms with Gasteiger partial charge in [-0.2, -0.15) is 0 Å². The maximum absolute atomic E-state index is 13.8. The van der Waals surface area contributed by atoms with Crippen LogP contribution in [0.1, 0.15) is 46.6 Å². The highest BCUT2D eigenvalue weighted by molar-refractivity contribution is 7.17. The Balaban J connectivity index is 1.52. The standard InChI is InChI=1S/C20H26FN3OS/c1-14-7-8-16(13-17(14)21)20-23-15(2)18(26-20)19(25)22-9-3-4-10-24-11-5-6-12-24/h7-8,13H,3-6,9-12H2,1-2H3,(H,22,25). The zero-order chi connectivity index (χ0) is 18.5. The molecule has 0 spiro atoms. The first-order valence-corrected chi connectivity index (χ1v) is 10.1. The minimum absolute atomic E-state index is 0.0833. The molecule has 0 atom stereocenters. The molecule has 1 aliphatic heterocycles. The van der Waals surface area contributed by atoms with Gasteiger partial charge in [-0.3, -0.25) is 4.79 Å². The zero-order valence-electron chi connectivity index (χ0n) is 15.5. The van der Waals surface area contributed by atoms with E-state index in [1.807, 2.05) is 13.0 Å². The fraction of sp³-hybridized carbons (Fsp3) is 0.500. The molecule has 140 valence electrons. The Bertz CT molecular complexity index is 768. The van der Waals surface area contributed by atoms with E-state index in [-0.39, 0.29) is 11.7 Å². The number of thiazole rings is 1. The third kappa shape index (κ3) is 4.68. The van der Waals surface area contributed by atoms with Gasteiger partial charge in [-0.1, -0.05) is 12.1 Å². The van der Waals surface area contributed by atoms with Crippen molar-refractivity contribution < 1.29 is 9.18 Å². The number of likely N-dealkylation sites (tertiary alicyclic amines) is 1. The fourth-order valence-corrected chi connectivity index (χ4v) is 4.18. The molecule has 1 N–H and O–H groups in total. The molecule has 2 aromatic rings. The van der Waals surface area contributed by atoms with Crippen LogP contribution in [0.5, 0.6) is 0 Å². The lowest BCUT2D eigenvalue weighted by Gasteiger charge is -2.13. The van der Waals surface area contributed by atoms with E-state index < -0.39 is 0 Å². The SMILES string of the molecule is Cc1ccc(-c2nc(C)c(C(=O)NCCCCN3CCCC3)s2)cc1F. The van der Waals surface area contributed by atoms with Gasteiger partial charge in [0.15, 0.2) is 0 Å². The van der Waals surface area contributed by atoms with Crippen molar-refractivity contribution >= 4 is 17.2 Å². The summed E-state index contributed by atoms with van der Waals surface area (Å²) >= 11 is 1.32. The molecule has 3 rings (SSSR count). The zero-order valence-corrected chi connectivity index (χ0v) is 16.3. The summed E-state index contributed by atoms with van der Waals surface area (Å²) in [6.07, 6.45) is 4.72. The average Bonchev–Trinajstić information content (AvgIpc) is 3.26. The molecule has 1 aromatic carbocycles. The smallest absolute Gasteiger partial charge is 0.263 e. The number of hydrogen-bond acceptors (Lipinski definition) is 4. The summed E-state index contributed by atoms with van der Waals surface area (Å²) in [4.78, 5) is 20.0. The molecule has 1 aromatic heterocycles. The summed E-state index contributed by atoms with van der Waals surface area (Å²) in [6, 6.07) is 5.06. The molecular formula is C20H26FN3OS. The first-order valence-electron chi connectivity index (χ1n) is 9.29. The van der Waals surface area contributed by atoms with Gasteiger partial charge >= 0.3 is 0 Å². The highest BCUT2D eigenvalue weighted by atomic mass is 32.1. The van der Waals surface area contributed by atoms with Crippen LogP contribution in [0.3, 0.4) is 0 Å². The second-order valence-corrected chi connectivity index (χ2v) is 7.91. The van der Waals surface area contributed by atoms with Crippen molar-refractivity contribution in [3.63, 3.8) is 0 Å². The van der Waals surface area contributed by atoms with Crippen molar-refractivity contribution in [2.45, 2.75) is 39.5 Å². The molecule has 0 saturated carbocycles. The van der Waals surface area contributed by atoms with E-state index in [9.17, 15) is 9.18 Å². The van der Waals surface area contributed by atoms with E-state index in [1.165, 1.54) is 43.3 Å². The average molecular weight is 376 g/mol. The van der Waals surface area contributed by atoms with Crippen LogP contribution in [0, 0.1) is 19.7 Å². The highest BCUT2D eigenvalue weighted by Crippen LogP contribution is 2.29. The second kappa shape index (κ2) is 8.73. The molecule has 6 heteroatoms. The largest absolute Gasteiger partial charge is 0.351 e. The third-order valence-corrected chi connectivity index (χ3v) is 6.01. The molecule has 0 radical (unpaired) electrons. The van der Waals surface area contributed by atoms with E-state index in [0.717, 1.165) is 19.4 Å². The first-order chi connectivity index (χ1) is 12.5. The Labute approximate surface area is 158 Å². The van der Waals surface area contributed by atoms with Crippen LogP contribution in [0.15, 0.2) is 18.2 Å². The molecule has 1 saturated heterocycles. The normalized spacial score (nSPS) is 14.7. The predicted octanol–water partition coefficient (Wildman–Crippen LogP) is 4.17. The number of nitrogens with one attached hydrogen (secondary N) is 1. The van der Waals surface area contributed by atoms with E-state index in [0.29, 0.717) is 33.3 Å². The molecular weight excluding hydrogens is 349 g/mol. The van der Waals surface area contributed by atoms with Gasteiger partial charge in [0.2, 0.25) is 0 Å². The minimum Gasteiger partial charge on any atom is -0.351 e. The van der Waals surface area contributed by atoms with Gasteiger partial charge in [-0.05, 0) is 70.8 Å². The summed E-state index contributed by atoms with van der Waals surface area (Å²) in [6.45, 7) is 7.79. The van der Waals surface area contributed by atoms with Crippen LogP contribution >= 0.6 is 11.3 Å². The Kier molecular flexibility index (Phi) is 6.38. The van der Waals surface area contributed by atoms with Crippen molar-refractivity contribution in [1.82, 2.24) is 15.2 Å². The lowest BCUT2D eigenvalue weighted by molar-refractivity contribution is 0.0956. The predicted molar refractivity (Wildman–Crippen MR) is 104 cm³/mol. The van der Waals surface area contributed by atoms with Gasteiger partial charge in [0, 0.05) is 12.1 Å². The summed E-state index contributed by atoms with van der Waals surface area (Å²) in [5, 5.41) is 3.67. The Morgan fingerprint density at radius 2 is 2.04 bits per heavy atom. The van der Waals surface area contributed by atoms with Crippen molar-refractivity contribution in [1.29, 1.82) is 0 Å². The Hall–Kier alpha value is -1.79. The molecule has 26 heavy (non-hydrogen) atoms. The molecule has 0 unspecified atom stereocenters. The number of aryl methyl sites for hydroxylation is 2. The summed E-state index contributed by atoms with van der Waals surface area (Å²) in [7, 11) is 0. The number of halogens is 1. The number of benzene rings is 1. The lowest BCUT2D eigenvalue weighted by Crippen LogP contribution is -2.26. The van der Waals surface area contributed by atoms with Gasteiger partial charge in [-0.25, -0.2) is 9.37 Å². The van der Waals surface area contributed by atoms with Gasteiger partial charge in [0.1, 0.15) is 15.7 Å². The summed E-state index contributed by atoms with van der Waals surface area (Å²) in [5.74, 6) is -0.334. The van der Waals surface area contributed by atoms with Gasteiger partial charge in [-0.15, -0.1) is 11.3 Å². The number of hydrogen-bond donors (Lipinski definition) is 1. The molecule has 0 bridgehead atoms. The molecule has 1 aliphatic rings. The monoisotopic (exact) mass is 375 g/mol. The van der Waals surface area contributed by atoms with Gasteiger partial charge in [0.05, 0.1) is 5.69 Å². The van der Waals surface area contributed by atoms with Crippen molar-refractivity contribution in [3.8, 4) is 10.6 Å². The fourth-order valence-electron chi connectivity index (χ4n) is 3.21. The highest BCUT2D eigenvalue weighted by Gasteiger charge is 2.16. The third-order valence-electron chi connectivity index (χ3n) is 4.81. The lowest BCUT2D eigenvalue weighted by atomic mass is 10.1. The van der Waals surface area contributed by atoms with E-state index in [2.05, 4.69) is 15.2 Å². The summed E-state index contributed by atoms with van der Waals surface area (Å²) < 4.78 is 13.8. The Morgan fingerprint density at radius 1 is 1.27 bits per heavy atom. The molecule has 1 amide bonds. The maximum atomic E-state index is 13.8. The van der Waals surface area contributed by atoms with Crippen LogP contribution in [0.4, 0.5) is 4.39 Å². The van der Waals surface area contributed by atoms with Crippen LogP contribution < -0.4 is 5.32 Å². The molecule has 1 fully saturated rings. The number of rotatable bonds is 7. The second-order valence-electron chi connectivity index (χ2n) is 6.91. The van der Waals surface area contributed by atoms with Crippen molar-refractivity contribution in [2.75, 3.05) is 26.2 Å². The van der Waals surface area contributed by atoms with E-state index in [4.69, 9.17) is 0 Å². The number of amides is 1. The number of carbonyl (C=O) groups excluding carboxylic acids is 1. The van der Waals surface area contributed by atoms with Gasteiger partial charge < -0.3 is 10.2 Å². The number of aromatic nitrogens is 1. The minimum atomic E-state index is -0.251. The quantitative estimate of drug-likeness (QED) is 0.739. The topological polar surface area (TPSA) is 45.2 Å². The number of carbonyl (C=O) groups is 1. The van der Waals surface area contributed by atoms with E-state index in [1.54, 1.807) is 13.0 Å². The van der Waals surface area contributed by atoms with Crippen molar-refractivity contribution in [3.05, 3.63) is 40.2 Å². The number of unbranched alkanes of at least 4 members (excludes halogenated alkanes) is 1. The van der Waals surface area contributed by atoms with Crippen molar-refractivity contribution in [2.24, 2.45) is 0 Å². The number of nitrogens with zero attached hydrogens (tertiary/aromatic N) is 2. The Morgan fingerprint density at radius 3 is 2.77 bits per heavy atom. The maximum Gasteiger partial charge on any atom is 0.263 e. The van der Waals surface area contributed by atoms with Crippen LogP contribution in [-0.4, -0.2) is 42.0 Å². The van der Waals surface area contributed by atoms with Crippen LogP contribution in [0.2, 0.25) is 0 Å². The van der Waals surface area contributed by atoms with Crippen LogP contribution in [-0.2, 0) is 0 Å². The molecule has 4 nitrogen and oxygen atoms in total. The van der Waals surface area contributed by atoms with E-state index >= 15 is 0 Å².